The number of carbonyl (C=O) groups is 1. The number of hydrogen-bond donors (Lipinski definition) is 1. The van der Waals surface area contributed by atoms with Gasteiger partial charge in [-0.25, -0.2) is 4.98 Å². The molecule has 2 heterocycles. The highest BCUT2D eigenvalue weighted by Gasteiger charge is 2.19. The lowest BCUT2D eigenvalue weighted by Crippen LogP contribution is -2.30. The summed E-state index contributed by atoms with van der Waals surface area (Å²) in [6, 6.07) is 24.2. The molecule has 2 aromatic carbocycles. The molecule has 0 saturated heterocycles. The molecule has 0 radical (unpaired) electrons. The van der Waals surface area contributed by atoms with Crippen LogP contribution in [0, 0.1) is 0 Å². The minimum absolute atomic E-state index is 0.266. The van der Waals surface area contributed by atoms with Gasteiger partial charge < -0.3 is 14.8 Å². The van der Waals surface area contributed by atoms with Gasteiger partial charge in [-0.05, 0) is 53.6 Å². The van der Waals surface area contributed by atoms with Crippen LogP contribution in [0.5, 0.6) is 11.5 Å². The van der Waals surface area contributed by atoms with E-state index < -0.39 is 0 Å². The smallest absolute Gasteiger partial charge is 0.270 e. The van der Waals surface area contributed by atoms with E-state index in [-0.39, 0.29) is 11.9 Å². The topological polar surface area (TPSA) is 73.3 Å². The molecule has 0 bridgehead atoms. The Bertz CT molecular complexity index is 1160. The van der Waals surface area contributed by atoms with E-state index in [1.807, 2.05) is 72.8 Å². The molecule has 4 aromatic rings. The second-order valence-electron chi connectivity index (χ2n) is 7.08. The van der Waals surface area contributed by atoms with Crippen LogP contribution in [0.15, 0.2) is 91.3 Å². The second-order valence-corrected chi connectivity index (χ2v) is 7.08. The van der Waals surface area contributed by atoms with Crippen molar-refractivity contribution in [2.24, 2.45) is 0 Å². The molecule has 0 saturated carbocycles. The highest BCUT2D eigenvalue weighted by molar-refractivity contribution is 5.93. The Morgan fingerprint density at radius 1 is 0.812 bits per heavy atom. The molecule has 0 spiro atoms. The number of carbonyl (C=O) groups excluding carboxylic acids is 1. The molecule has 1 atom stereocenters. The standard InChI is InChI=1S/C26H23N3O3/c1-31-23-12-11-20(17-24(23)32-2)21-9-6-10-22(28-21)26(30)29-25(18-7-4-3-5-8-18)19-13-15-27-16-14-19/h3-17,25H,1-2H3,(H,29,30). The molecule has 2 aromatic heterocycles. The summed E-state index contributed by atoms with van der Waals surface area (Å²) in [6.45, 7) is 0. The fourth-order valence-electron chi connectivity index (χ4n) is 3.48. The first kappa shape index (κ1) is 21.1. The van der Waals surface area contributed by atoms with Crippen molar-refractivity contribution in [2.45, 2.75) is 6.04 Å². The quantitative estimate of drug-likeness (QED) is 0.465. The molecule has 4 rings (SSSR count). The summed E-state index contributed by atoms with van der Waals surface area (Å²) in [6.07, 6.45) is 3.43. The van der Waals surface area contributed by atoms with Gasteiger partial charge in [0, 0.05) is 18.0 Å². The third-order valence-electron chi connectivity index (χ3n) is 5.11. The van der Waals surface area contributed by atoms with Crippen LogP contribution in [0.2, 0.25) is 0 Å². The van der Waals surface area contributed by atoms with Crippen molar-refractivity contribution in [3.63, 3.8) is 0 Å². The lowest BCUT2D eigenvalue weighted by molar-refractivity contribution is 0.0938. The molecule has 32 heavy (non-hydrogen) atoms. The van der Waals surface area contributed by atoms with Crippen LogP contribution >= 0.6 is 0 Å². The Balaban J connectivity index is 1.63. The number of aromatic nitrogens is 2. The first-order valence-corrected chi connectivity index (χ1v) is 10.1. The number of benzene rings is 2. The summed E-state index contributed by atoms with van der Waals surface area (Å²) < 4.78 is 10.7. The van der Waals surface area contributed by atoms with E-state index in [9.17, 15) is 4.79 Å². The van der Waals surface area contributed by atoms with Gasteiger partial charge >= 0.3 is 0 Å². The molecule has 1 N–H and O–H groups in total. The lowest BCUT2D eigenvalue weighted by Gasteiger charge is -2.19. The van der Waals surface area contributed by atoms with Crippen LogP contribution in [-0.2, 0) is 0 Å². The number of nitrogens with zero attached hydrogens (tertiary/aromatic N) is 2. The van der Waals surface area contributed by atoms with E-state index in [4.69, 9.17) is 9.47 Å². The summed E-state index contributed by atoms with van der Waals surface area (Å²) in [7, 11) is 3.18. The summed E-state index contributed by atoms with van der Waals surface area (Å²) in [5, 5.41) is 3.11. The van der Waals surface area contributed by atoms with Gasteiger partial charge in [0.1, 0.15) is 5.69 Å². The number of methoxy groups -OCH3 is 2. The molecule has 1 amide bonds. The average molecular weight is 425 g/mol. The first-order chi connectivity index (χ1) is 15.7. The van der Waals surface area contributed by atoms with E-state index in [0.29, 0.717) is 22.9 Å². The van der Waals surface area contributed by atoms with Gasteiger partial charge in [-0.3, -0.25) is 9.78 Å². The molecular weight excluding hydrogens is 402 g/mol. The van der Waals surface area contributed by atoms with E-state index in [2.05, 4.69) is 15.3 Å². The number of rotatable bonds is 7. The third-order valence-corrected chi connectivity index (χ3v) is 5.11. The number of pyridine rings is 2. The monoisotopic (exact) mass is 425 g/mol. The molecule has 0 aliphatic rings. The molecule has 0 aliphatic heterocycles. The van der Waals surface area contributed by atoms with E-state index >= 15 is 0 Å². The Labute approximate surface area is 186 Å². The SMILES string of the molecule is COc1ccc(-c2cccc(C(=O)NC(c3ccccc3)c3ccncc3)n2)cc1OC. The zero-order valence-corrected chi connectivity index (χ0v) is 17.9. The van der Waals surface area contributed by atoms with Gasteiger partial charge in [-0.15, -0.1) is 0 Å². The molecule has 0 fully saturated rings. The predicted molar refractivity (Wildman–Crippen MR) is 123 cm³/mol. The van der Waals surface area contributed by atoms with E-state index in [1.165, 1.54) is 0 Å². The van der Waals surface area contributed by atoms with E-state index in [1.54, 1.807) is 32.7 Å². The molecule has 6 heteroatoms. The van der Waals surface area contributed by atoms with Gasteiger partial charge in [0.2, 0.25) is 0 Å². The van der Waals surface area contributed by atoms with Gasteiger partial charge in [0.15, 0.2) is 11.5 Å². The number of amides is 1. The van der Waals surface area contributed by atoms with Crippen molar-refractivity contribution in [2.75, 3.05) is 14.2 Å². The number of hydrogen-bond acceptors (Lipinski definition) is 5. The van der Waals surface area contributed by atoms with Crippen molar-refractivity contribution in [1.82, 2.24) is 15.3 Å². The van der Waals surface area contributed by atoms with Crippen molar-refractivity contribution >= 4 is 5.91 Å². The molecular formula is C26H23N3O3. The normalized spacial score (nSPS) is 11.4. The van der Waals surface area contributed by atoms with Crippen LogP contribution in [0.1, 0.15) is 27.7 Å². The third kappa shape index (κ3) is 4.59. The van der Waals surface area contributed by atoms with Gasteiger partial charge in [0.05, 0.1) is 26.0 Å². The maximum atomic E-state index is 13.2. The zero-order chi connectivity index (χ0) is 22.3. The van der Waals surface area contributed by atoms with Crippen LogP contribution in [0.4, 0.5) is 0 Å². The van der Waals surface area contributed by atoms with Crippen molar-refractivity contribution < 1.29 is 14.3 Å². The minimum Gasteiger partial charge on any atom is -0.493 e. The van der Waals surface area contributed by atoms with Gasteiger partial charge in [-0.2, -0.15) is 0 Å². The van der Waals surface area contributed by atoms with Crippen LogP contribution in [-0.4, -0.2) is 30.1 Å². The van der Waals surface area contributed by atoms with Crippen LogP contribution < -0.4 is 14.8 Å². The fraction of sp³-hybridized carbons (Fsp3) is 0.115. The first-order valence-electron chi connectivity index (χ1n) is 10.1. The van der Waals surface area contributed by atoms with Crippen LogP contribution in [0.3, 0.4) is 0 Å². The van der Waals surface area contributed by atoms with Crippen molar-refractivity contribution in [3.8, 4) is 22.8 Å². The summed E-state index contributed by atoms with van der Waals surface area (Å²) in [4.78, 5) is 21.9. The van der Waals surface area contributed by atoms with Crippen molar-refractivity contribution in [1.29, 1.82) is 0 Å². The number of ether oxygens (including phenoxy) is 2. The Morgan fingerprint density at radius 3 is 2.25 bits per heavy atom. The molecule has 6 nitrogen and oxygen atoms in total. The Kier molecular flexibility index (Phi) is 6.41. The highest BCUT2D eigenvalue weighted by atomic mass is 16.5. The summed E-state index contributed by atoms with van der Waals surface area (Å²) in [5.74, 6) is 0.967. The highest BCUT2D eigenvalue weighted by Crippen LogP contribution is 2.31. The minimum atomic E-state index is -0.321. The summed E-state index contributed by atoms with van der Waals surface area (Å²) in [5.41, 5.74) is 3.73. The van der Waals surface area contributed by atoms with Gasteiger partial charge in [0.25, 0.3) is 5.91 Å². The maximum absolute atomic E-state index is 13.2. The van der Waals surface area contributed by atoms with Gasteiger partial charge in [-0.1, -0.05) is 36.4 Å². The largest absolute Gasteiger partial charge is 0.493 e. The Morgan fingerprint density at radius 2 is 1.53 bits per heavy atom. The molecule has 160 valence electrons. The summed E-state index contributed by atoms with van der Waals surface area (Å²) >= 11 is 0. The fourth-order valence-corrected chi connectivity index (χ4v) is 3.48. The predicted octanol–water partition coefficient (Wildman–Crippen LogP) is 4.68. The van der Waals surface area contributed by atoms with Crippen LogP contribution in [0.25, 0.3) is 11.3 Å². The molecule has 0 aliphatic carbocycles. The maximum Gasteiger partial charge on any atom is 0.270 e. The Hall–Kier alpha value is -4.19. The molecule has 1 unspecified atom stereocenters. The average Bonchev–Trinajstić information content (AvgIpc) is 2.87. The lowest BCUT2D eigenvalue weighted by atomic mass is 9.99. The zero-order valence-electron chi connectivity index (χ0n) is 17.9. The number of nitrogens with one attached hydrogen (secondary N) is 1. The second kappa shape index (κ2) is 9.75. The van der Waals surface area contributed by atoms with E-state index in [0.717, 1.165) is 16.7 Å². The van der Waals surface area contributed by atoms with Crippen molar-refractivity contribution in [3.05, 3.63) is 108 Å².